The molecule has 5 nitrogen and oxygen atoms in total. The molecule has 2 aromatic rings. The Kier molecular flexibility index (Phi) is 6.33. The molecular weight excluding hydrogens is 438 g/mol. The maximum absolute atomic E-state index is 14.5. The van der Waals surface area contributed by atoms with Crippen LogP contribution in [0.1, 0.15) is 26.2 Å². The van der Waals surface area contributed by atoms with Gasteiger partial charge in [-0.05, 0) is 43.0 Å². The highest BCUT2D eigenvalue weighted by Crippen LogP contribution is 2.46. The van der Waals surface area contributed by atoms with E-state index in [1.54, 1.807) is 13.0 Å². The number of benzene rings is 1. The first kappa shape index (κ1) is 22.7. The van der Waals surface area contributed by atoms with Gasteiger partial charge in [0.05, 0.1) is 17.7 Å². The SMILES string of the molecule is CC(C(=O)Nc1ccc(Oc2ccc(F)cc2F)cn1)C1CCC(F)(F)C(C2=CC=[N+]=C2)C1. The molecule has 2 heterocycles. The van der Waals surface area contributed by atoms with Crippen molar-refractivity contribution in [2.45, 2.75) is 32.1 Å². The van der Waals surface area contributed by atoms with Crippen LogP contribution in [0.5, 0.6) is 11.5 Å². The highest BCUT2D eigenvalue weighted by Gasteiger charge is 2.49. The highest BCUT2D eigenvalue weighted by atomic mass is 19.3. The summed E-state index contributed by atoms with van der Waals surface area (Å²) in [7, 11) is 0. The van der Waals surface area contributed by atoms with E-state index in [0.717, 1.165) is 12.1 Å². The molecule has 1 saturated carbocycles. The molecule has 1 aromatic heterocycles. The van der Waals surface area contributed by atoms with E-state index in [1.807, 2.05) is 0 Å². The van der Waals surface area contributed by atoms with Gasteiger partial charge in [-0.3, -0.25) is 4.79 Å². The van der Waals surface area contributed by atoms with Gasteiger partial charge in [-0.25, -0.2) is 22.5 Å². The van der Waals surface area contributed by atoms with Crippen molar-refractivity contribution in [1.82, 2.24) is 9.65 Å². The number of halogens is 4. The molecule has 33 heavy (non-hydrogen) atoms. The number of nitrogens with zero attached hydrogens (tertiary/aromatic N) is 2. The summed E-state index contributed by atoms with van der Waals surface area (Å²) in [5, 5.41) is 2.69. The smallest absolute Gasteiger partial charge is 0.296 e. The van der Waals surface area contributed by atoms with Crippen LogP contribution in [-0.2, 0) is 4.79 Å². The molecule has 3 atom stereocenters. The van der Waals surface area contributed by atoms with E-state index in [2.05, 4.69) is 15.0 Å². The predicted molar refractivity (Wildman–Crippen MR) is 117 cm³/mol. The molecule has 0 saturated heterocycles. The van der Waals surface area contributed by atoms with E-state index >= 15 is 0 Å². The van der Waals surface area contributed by atoms with Gasteiger partial charge in [0, 0.05) is 24.5 Å². The molecule has 3 unspecified atom stereocenters. The second kappa shape index (κ2) is 9.19. The first-order chi connectivity index (χ1) is 15.7. The zero-order chi connectivity index (χ0) is 23.6. The van der Waals surface area contributed by atoms with Gasteiger partial charge in [0.1, 0.15) is 17.4 Å². The van der Waals surface area contributed by atoms with E-state index < -0.39 is 29.4 Å². The minimum Gasteiger partial charge on any atom is -0.453 e. The lowest BCUT2D eigenvalue weighted by atomic mass is 9.71. The summed E-state index contributed by atoms with van der Waals surface area (Å²) in [6, 6.07) is 5.90. The fourth-order valence-corrected chi connectivity index (χ4v) is 4.14. The van der Waals surface area contributed by atoms with E-state index in [4.69, 9.17) is 4.74 Å². The Hall–Kier alpha value is -3.45. The average Bonchev–Trinajstić information content (AvgIpc) is 3.31. The molecule has 1 aromatic carbocycles. The maximum atomic E-state index is 14.5. The summed E-state index contributed by atoms with van der Waals surface area (Å²) in [5.41, 5.74) is 0.493. The quantitative estimate of drug-likeness (QED) is 0.491. The maximum Gasteiger partial charge on any atom is 0.296 e. The number of carbonyl (C=O) groups is 1. The highest BCUT2D eigenvalue weighted by molar-refractivity contribution is 5.94. The number of aromatic nitrogens is 1. The van der Waals surface area contributed by atoms with Crippen molar-refractivity contribution in [1.29, 1.82) is 0 Å². The summed E-state index contributed by atoms with van der Waals surface area (Å²) in [4.78, 5) is 16.8. The van der Waals surface area contributed by atoms with Crippen molar-refractivity contribution in [2.24, 2.45) is 17.8 Å². The van der Waals surface area contributed by atoms with Crippen molar-refractivity contribution < 1.29 is 27.1 Å². The fraction of sp³-hybridized carbons (Fsp3) is 0.333. The van der Waals surface area contributed by atoms with Crippen LogP contribution < -0.4 is 14.7 Å². The van der Waals surface area contributed by atoms with E-state index in [9.17, 15) is 22.4 Å². The second-order valence-corrected chi connectivity index (χ2v) is 8.28. The fourth-order valence-electron chi connectivity index (χ4n) is 4.14. The third-order valence-corrected chi connectivity index (χ3v) is 6.11. The standard InChI is InChI=1S/C24H21F4N3O2/c1-14(15-6-8-24(27,28)19(10-15)16-7-9-29-12-16)23(32)31-22-5-3-18(13-30-22)33-21-4-2-17(25)11-20(21)26/h2-5,7,9,11-15,19H,6,8,10H2,1H3/p+1. The van der Waals surface area contributed by atoms with Crippen LogP contribution in [0.3, 0.4) is 0 Å². The average molecular weight is 460 g/mol. The number of amides is 1. The lowest BCUT2D eigenvalue weighted by molar-refractivity contribution is -0.125. The Bertz CT molecular complexity index is 1140. The van der Waals surface area contributed by atoms with Crippen LogP contribution >= 0.6 is 0 Å². The molecule has 1 aliphatic heterocycles. The largest absolute Gasteiger partial charge is 0.453 e. The van der Waals surface area contributed by atoms with Gasteiger partial charge in [-0.1, -0.05) is 6.92 Å². The number of anilines is 1. The number of pyridine rings is 1. The van der Waals surface area contributed by atoms with Crippen LogP contribution in [0.15, 0.2) is 48.2 Å². The summed E-state index contributed by atoms with van der Waals surface area (Å²) in [5.74, 6) is -6.11. The Labute approximate surface area is 187 Å². The van der Waals surface area contributed by atoms with Gasteiger partial charge in [-0.2, -0.15) is 0 Å². The topological polar surface area (TPSA) is 65.3 Å². The van der Waals surface area contributed by atoms with Crippen LogP contribution in [0.2, 0.25) is 0 Å². The number of rotatable bonds is 6. The molecule has 0 bridgehead atoms. The number of nitrogens with one attached hydrogen (secondary N) is 1. The number of hydrogen-bond donors (Lipinski definition) is 1. The molecule has 1 N–H and O–H groups in total. The van der Waals surface area contributed by atoms with Gasteiger partial charge >= 0.3 is 0 Å². The minimum atomic E-state index is -2.83. The van der Waals surface area contributed by atoms with E-state index in [0.29, 0.717) is 11.6 Å². The number of carbonyl (C=O) groups excluding carboxylic acids is 1. The van der Waals surface area contributed by atoms with Gasteiger partial charge in [0.15, 0.2) is 11.6 Å². The van der Waals surface area contributed by atoms with Crippen molar-refractivity contribution >= 4 is 24.2 Å². The third-order valence-electron chi connectivity index (χ3n) is 6.11. The predicted octanol–water partition coefficient (Wildman–Crippen LogP) is 4.93. The second-order valence-electron chi connectivity index (χ2n) is 8.28. The number of allylic oxidation sites excluding steroid dienone is 2. The lowest BCUT2D eigenvalue weighted by Crippen LogP contribution is -2.40. The lowest BCUT2D eigenvalue weighted by Gasteiger charge is -2.37. The van der Waals surface area contributed by atoms with Crippen LogP contribution in [0.4, 0.5) is 23.4 Å². The zero-order valence-electron chi connectivity index (χ0n) is 17.8. The van der Waals surface area contributed by atoms with E-state index in [-0.39, 0.29) is 48.4 Å². The molecule has 4 rings (SSSR count). The minimum absolute atomic E-state index is 0.160. The summed E-state index contributed by atoms with van der Waals surface area (Å²) in [6.45, 7) is 1.72. The Morgan fingerprint density at radius 3 is 2.76 bits per heavy atom. The van der Waals surface area contributed by atoms with Crippen molar-refractivity contribution in [2.75, 3.05) is 5.32 Å². The zero-order valence-corrected chi connectivity index (χ0v) is 17.8. The van der Waals surface area contributed by atoms with E-state index in [1.165, 1.54) is 30.8 Å². The number of hydrogen-bond acceptors (Lipinski definition) is 3. The van der Waals surface area contributed by atoms with Crippen LogP contribution in [-0.4, -0.2) is 29.2 Å². The summed E-state index contributed by atoms with van der Waals surface area (Å²) >= 11 is 0. The number of ether oxygens (including phenoxy) is 1. The Balaban J connectivity index is 1.37. The molecule has 1 amide bonds. The van der Waals surface area contributed by atoms with Gasteiger partial charge in [0.25, 0.3) is 18.4 Å². The van der Waals surface area contributed by atoms with Gasteiger partial charge in [0.2, 0.25) is 5.91 Å². The molecule has 2 aliphatic rings. The normalized spacial score (nSPS) is 22.0. The summed E-state index contributed by atoms with van der Waals surface area (Å²) < 4.78 is 64.9. The van der Waals surface area contributed by atoms with Gasteiger partial charge in [-0.15, -0.1) is 4.67 Å². The van der Waals surface area contributed by atoms with Crippen molar-refractivity contribution in [3.63, 3.8) is 0 Å². The third kappa shape index (κ3) is 5.14. The molecule has 1 fully saturated rings. The Morgan fingerprint density at radius 2 is 2.09 bits per heavy atom. The Morgan fingerprint density at radius 1 is 1.27 bits per heavy atom. The number of alkyl halides is 2. The molecular formula is C24H22F4N3O2+. The first-order valence-electron chi connectivity index (χ1n) is 10.6. The van der Waals surface area contributed by atoms with Crippen molar-refractivity contribution in [3.8, 4) is 11.5 Å². The molecule has 1 aliphatic carbocycles. The van der Waals surface area contributed by atoms with Crippen molar-refractivity contribution in [3.05, 3.63) is 59.8 Å². The van der Waals surface area contributed by atoms with Crippen LogP contribution in [0, 0.1) is 29.4 Å². The molecule has 172 valence electrons. The van der Waals surface area contributed by atoms with Crippen LogP contribution in [0.25, 0.3) is 0 Å². The molecule has 9 heteroatoms. The molecule has 0 spiro atoms. The van der Waals surface area contributed by atoms with Gasteiger partial charge < -0.3 is 10.1 Å². The first-order valence-corrected chi connectivity index (χ1v) is 10.6. The summed E-state index contributed by atoms with van der Waals surface area (Å²) in [6.07, 6.45) is 5.99. The monoisotopic (exact) mass is 460 g/mol. The molecule has 0 radical (unpaired) electrons.